The highest BCUT2D eigenvalue weighted by Gasteiger charge is 2.20. The highest BCUT2D eigenvalue weighted by molar-refractivity contribution is 4.71. The van der Waals surface area contributed by atoms with Crippen LogP contribution in [-0.4, -0.2) is 23.9 Å². The Morgan fingerprint density at radius 1 is 1.60 bits per heavy atom. The zero-order valence-electron chi connectivity index (χ0n) is 6.55. The molecule has 0 saturated heterocycles. The van der Waals surface area contributed by atoms with Crippen molar-refractivity contribution in [1.82, 2.24) is 0 Å². The summed E-state index contributed by atoms with van der Waals surface area (Å²) in [5.74, 6) is 0. The first-order valence-corrected chi connectivity index (χ1v) is 4.13. The maximum atomic E-state index is 8.77. The third-order valence-corrected chi connectivity index (χ3v) is 2.10. The van der Waals surface area contributed by atoms with Gasteiger partial charge >= 0.3 is 0 Å². The summed E-state index contributed by atoms with van der Waals surface area (Å²) in [6.45, 7) is 2.21. The van der Waals surface area contributed by atoms with Crippen LogP contribution in [0.1, 0.15) is 32.6 Å². The fourth-order valence-corrected chi connectivity index (χ4v) is 1.05. The SMILES string of the molecule is CCC(CO)OC1CCC1. The van der Waals surface area contributed by atoms with Crippen molar-refractivity contribution in [3.05, 3.63) is 0 Å². The Bertz CT molecular complexity index is 85.3. The maximum Gasteiger partial charge on any atom is 0.0806 e. The van der Waals surface area contributed by atoms with Gasteiger partial charge in [-0.15, -0.1) is 0 Å². The Hall–Kier alpha value is -0.0800. The second-order valence-corrected chi connectivity index (χ2v) is 2.90. The van der Waals surface area contributed by atoms with Gasteiger partial charge in [-0.05, 0) is 25.7 Å². The van der Waals surface area contributed by atoms with Gasteiger partial charge in [-0.25, -0.2) is 0 Å². The lowest BCUT2D eigenvalue weighted by Gasteiger charge is -2.29. The predicted octanol–water partition coefficient (Wildman–Crippen LogP) is 1.33. The van der Waals surface area contributed by atoms with E-state index in [1.807, 2.05) is 6.92 Å². The van der Waals surface area contributed by atoms with Crippen LogP contribution in [0.3, 0.4) is 0 Å². The molecule has 0 spiro atoms. The Kier molecular flexibility index (Phi) is 3.16. The van der Waals surface area contributed by atoms with Gasteiger partial charge in [-0.2, -0.15) is 0 Å². The molecule has 0 radical (unpaired) electrons. The molecule has 0 aromatic carbocycles. The quantitative estimate of drug-likeness (QED) is 0.645. The lowest BCUT2D eigenvalue weighted by atomic mass is 9.96. The number of aliphatic hydroxyl groups excluding tert-OH is 1. The first-order valence-electron chi connectivity index (χ1n) is 4.13. The minimum Gasteiger partial charge on any atom is -0.394 e. The molecule has 0 bridgehead atoms. The van der Waals surface area contributed by atoms with Crippen LogP contribution in [0.25, 0.3) is 0 Å². The number of hydrogen-bond acceptors (Lipinski definition) is 2. The average molecular weight is 144 g/mol. The van der Waals surface area contributed by atoms with Gasteiger partial charge in [0, 0.05) is 0 Å². The van der Waals surface area contributed by atoms with E-state index in [2.05, 4.69) is 0 Å². The highest BCUT2D eigenvalue weighted by Crippen LogP contribution is 2.23. The number of rotatable bonds is 4. The molecule has 1 aliphatic carbocycles. The van der Waals surface area contributed by atoms with E-state index in [0.29, 0.717) is 6.10 Å². The summed E-state index contributed by atoms with van der Waals surface area (Å²) >= 11 is 0. The number of aliphatic hydroxyl groups is 1. The first-order chi connectivity index (χ1) is 4.86. The Morgan fingerprint density at radius 2 is 2.30 bits per heavy atom. The molecule has 0 aromatic heterocycles. The van der Waals surface area contributed by atoms with E-state index in [9.17, 15) is 0 Å². The Labute approximate surface area is 62.2 Å². The standard InChI is InChI=1S/C8H16O2/c1-2-7(6-9)10-8-4-3-5-8/h7-9H,2-6H2,1H3. The lowest BCUT2D eigenvalue weighted by molar-refractivity contribution is -0.0721. The largest absolute Gasteiger partial charge is 0.394 e. The number of ether oxygens (including phenoxy) is 1. The van der Waals surface area contributed by atoms with E-state index in [1.54, 1.807) is 0 Å². The van der Waals surface area contributed by atoms with Crippen molar-refractivity contribution >= 4 is 0 Å². The van der Waals surface area contributed by atoms with Crippen LogP contribution in [0.15, 0.2) is 0 Å². The van der Waals surface area contributed by atoms with Crippen LogP contribution in [0.2, 0.25) is 0 Å². The molecule has 1 fully saturated rings. The topological polar surface area (TPSA) is 29.5 Å². The smallest absolute Gasteiger partial charge is 0.0806 e. The van der Waals surface area contributed by atoms with Gasteiger partial charge in [0.25, 0.3) is 0 Å². The highest BCUT2D eigenvalue weighted by atomic mass is 16.5. The monoisotopic (exact) mass is 144 g/mol. The minimum atomic E-state index is 0.0882. The zero-order valence-corrected chi connectivity index (χ0v) is 6.55. The van der Waals surface area contributed by atoms with E-state index in [1.165, 1.54) is 19.3 Å². The summed E-state index contributed by atoms with van der Waals surface area (Å²) in [4.78, 5) is 0. The fourth-order valence-electron chi connectivity index (χ4n) is 1.05. The molecule has 60 valence electrons. The maximum absolute atomic E-state index is 8.77. The molecular formula is C8H16O2. The van der Waals surface area contributed by atoms with Crippen LogP contribution in [0.4, 0.5) is 0 Å². The van der Waals surface area contributed by atoms with E-state index in [-0.39, 0.29) is 12.7 Å². The van der Waals surface area contributed by atoms with Crippen molar-refractivity contribution in [3.8, 4) is 0 Å². The molecule has 0 aromatic rings. The van der Waals surface area contributed by atoms with Gasteiger partial charge in [0.15, 0.2) is 0 Å². The predicted molar refractivity (Wildman–Crippen MR) is 39.9 cm³/mol. The van der Waals surface area contributed by atoms with Crippen molar-refractivity contribution in [1.29, 1.82) is 0 Å². The molecule has 1 unspecified atom stereocenters. The van der Waals surface area contributed by atoms with E-state index in [0.717, 1.165) is 6.42 Å². The summed E-state index contributed by atoms with van der Waals surface area (Å²) in [6, 6.07) is 0. The molecule has 1 atom stereocenters. The van der Waals surface area contributed by atoms with Gasteiger partial charge in [0.1, 0.15) is 0 Å². The normalized spacial score (nSPS) is 22.2. The number of hydrogen-bond donors (Lipinski definition) is 1. The van der Waals surface area contributed by atoms with E-state index >= 15 is 0 Å². The second-order valence-electron chi connectivity index (χ2n) is 2.90. The Balaban J connectivity index is 2.08. The second kappa shape index (κ2) is 3.94. The summed E-state index contributed by atoms with van der Waals surface area (Å²) in [5, 5.41) is 8.77. The molecule has 0 amide bonds. The first kappa shape index (κ1) is 8.02. The van der Waals surface area contributed by atoms with Crippen molar-refractivity contribution in [2.45, 2.75) is 44.8 Å². The molecule has 1 N–H and O–H groups in total. The van der Waals surface area contributed by atoms with Crippen molar-refractivity contribution in [3.63, 3.8) is 0 Å². The van der Waals surface area contributed by atoms with Crippen LogP contribution in [0.5, 0.6) is 0 Å². The molecular weight excluding hydrogens is 128 g/mol. The van der Waals surface area contributed by atoms with Gasteiger partial charge in [-0.3, -0.25) is 0 Å². The summed E-state index contributed by atoms with van der Waals surface area (Å²) in [5.41, 5.74) is 0. The minimum absolute atomic E-state index is 0.0882. The summed E-state index contributed by atoms with van der Waals surface area (Å²) < 4.78 is 5.53. The van der Waals surface area contributed by atoms with Gasteiger partial charge < -0.3 is 9.84 Å². The third-order valence-electron chi connectivity index (χ3n) is 2.10. The summed E-state index contributed by atoms with van der Waals surface area (Å²) in [6.07, 6.45) is 5.15. The van der Waals surface area contributed by atoms with Gasteiger partial charge in [0.2, 0.25) is 0 Å². The van der Waals surface area contributed by atoms with Gasteiger partial charge in [-0.1, -0.05) is 6.92 Å². The van der Waals surface area contributed by atoms with Crippen LogP contribution in [-0.2, 0) is 4.74 Å². The van der Waals surface area contributed by atoms with Crippen LogP contribution < -0.4 is 0 Å². The van der Waals surface area contributed by atoms with Gasteiger partial charge in [0.05, 0.1) is 18.8 Å². The van der Waals surface area contributed by atoms with Crippen molar-refractivity contribution < 1.29 is 9.84 Å². The third kappa shape index (κ3) is 1.96. The Morgan fingerprint density at radius 3 is 2.60 bits per heavy atom. The average Bonchev–Trinajstić information content (AvgIpc) is 1.87. The van der Waals surface area contributed by atoms with Crippen molar-refractivity contribution in [2.24, 2.45) is 0 Å². The molecule has 1 rings (SSSR count). The van der Waals surface area contributed by atoms with Crippen molar-refractivity contribution in [2.75, 3.05) is 6.61 Å². The van der Waals surface area contributed by atoms with E-state index in [4.69, 9.17) is 9.84 Å². The summed E-state index contributed by atoms with van der Waals surface area (Å²) in [7, 11) is 0. The van der Waals surface area contributed by atoms with Crippen LogP contribution >= 0.6 is 0 Å². The fraction of sp³-hybridized carbons (Fsp3) is 1.00. The lowest BCUT2D eigenvalue weighted by Crippen LogP contribution is -2.29. The zero-order chi connectivity index (χ0) is 7.40. The molecule has 1 saturated carbocycles. The van der Waals surface area contributed by atoms with Crippen LogP contribution in [0, 0.1) is 0 Å². The molecule has 2 heteroatoms. The van der Waals surface area contributed by atoms with E-state index < -0.39 is 0 Å². The molecule has 10 heavy (non-hydrogen) atoms. The molecule has 1 aliphatic rings. The molecule has 0 aliphatic heterocycles. The molecule has 0 heterocycles. The molecule has 2 nitrogen and oxygen atoms in total.